The van der Waals surface area contributed by atoms with Crippen molar-refractivity contribution in [3.05, 3.63) is 29.5 Å². The van der Waals surface area contributed by atoms with Crippen molar-refractivity contribution in [3.8, 4) is 0 Å². The maximum absolute atomic E-state index is 5.48. The first-order valence-electron chi connectivity index (χ1n) is 5.05. The Morgan fingerprint density at radius 1 is 1.43 bits per heavy atom. The number of piperidine rings is 1. The summed E-state index contributed by atoms with van der Waals surface area (Å²) in [6.45, 7) is 4.95. The predicted molar refractivity (Wildman–Crippen MR) is 58.3 cm³/mol. The van der Waals surface area contributed by atoms with E-state index in [0.717, 1.165) is 17.8 Å². The van der Waals surface area contributed by atoms with Crippen molar-refractivity contribution in [1.82, 2.24) is 10.3 Å². The van der Waals surface area contributed by atoms with Gasteiger partial charge in [-0.05, 0) is 43.0 Å². The van der Waals surface area contributed by atoms with Crippen LogP contribution in [0.1, 0.15) is 6.92 Å². The van der Waals surface area contributed by atoms with E-state index in [-0.39, 0.29) is 0 Å². The molecule has 2 heterocycles. The van der Waals surface area contributed by atoms with Gasteiger partial charge in [0.15, 0.2) is 0 Å². The fourth-order valence-electron chi connectivity index (χ4n) is 2.07. The van der Waals surface area contributed by atoms with Crippen LogP contribution in [0.15, 0.2) is 24.5 Å². The van der Waals surface area contributed by atoms with Crippen molar-refractivity contribution in [2.45, 2.75) is 6.92 Å². The van der Waals surface area contributed by atoms with E-state index in [0.29, 0.717) is 5.02 Å². The second-order valence-corrected chi connectivity index (χ2v) is 4.45. The average molecular weight is 211 g/mol. The molecule has 1 aliphatic heterocycles. The van der Waals surface area contributed by atoms with Gasteiger partial charge >= 0.3 is 0 Å². The molecule has 1 aromatic heterocycles. The second kappa shape index (κ2) is 4.28. The first kappa shape index (κ1) is 9.94. The molecule has 0 aromatic carbocycles. The van der Waals surface area contributed by atoms with E-state index in [4.69, 9.17) is 11.6 Å². The standard InChI is InChI=1S/C6H11N.C5H4ClN/c1-4-5-2-7-3-6(4)5;6-5-2-1-3-7-4-5/h4-7H,2-3H2,1H3;1-4H. The van der Waals surface area contributed by atoms with Crippen LogP contribution in [-0.4, -0.2) is 18.1 Å². The van der Waals surface area contributed by atoms with Crippen molar-refractivity contribution in [2.75, 3.05) is 13.1 Å². The van der Waals surface area contributed by atoms with Crippen LogP contribution < -0.4 is 5.32 Å². The molecule has 2 unspecified atom stereocenters. The monoisotopic (exact) mass is 210 g/mol. The molecule has 1 aromatic rings. The molecule has 0 bridgehead atoms. The van der Waals surface area contributed by atoms with Crippen molar-refractivity contribution in [2.24, 2.45) is 17.8 Å². The fourth-order valence-corrected chi connectivity index (χ4v) is 2.20. The van der Waals surface area contributed by atoms with Gasteiger partial charge in [-0.15, -0.1) is 0 Å². The molecule has 3 rings (SSSR count). The molecule has 1 saturated carbocycles. The maximum Gasteiger partial charge on any atom is 0.0589 e. The van der Waals surface area contributed by atoms with Crippen molar-refractivity contribution in [1.29, 1.82) is 0 Å². The Labute approximate surface area is 89.7 Å². The van der Waals surface area contributed by atoms with Gasteiger partial charge in [-0.1, -0.05) is 18.5 Å². The number of halogens is 1. The summed E-state index contributed by atoms with van der Waals surface area (Å²) in [6.07, 6.45) is 3.29. The summed E-state index contributed by atoms with van der Waals surface area (Å²) in [4.78, 5) is 3.75. The largest absolute Gasteiger partial charge is 0.316 e. The molecule has 76 valence electrons. The lowest BCUT2D eigenvalue weighted by molar-refractivity contribution is 0.634. The summed E-state index contributed by atoms with van der Waals surface area (Å²) < 4.78 is 0. The summed E-state index contributed by atoms with van der Waals surface area (Å²) in [5.74, 6) is 3.20. The van der Waals surface area contributed by atoms with Gasteiger partial charge in [0, 0.05) is 12.4 Å². The molecular weight excluding hydrogens is 196 g/mol. The minimum absolute atomic E-state index is 0.683. The third-order valence-corrected chi connectivity index (χ3v) is 3.37. The zero-order chi connectivity index (χ0) is 9.97. The van der Waals surface area contributed by atoms with Gasteiger partial charge < -0.3 is 5.32 Å². The topological polar surface area (TPSA) is 24.9 Å². The van der Waals surface area contributed by atoms with E-state index in [9.17, 15) is 0 Å². The minimum atomic E-state index is 0.683. The van der Waals surface area contributed by atoms with Crippen LogP contribution in [0.4, 0.5) is 0 Å². The Balaban J connectivity index is 0.000000107. The van der Waals surface area contributed by atoms with Gasteiger partial charge in [0.1, 0.15) is 0 Å². The molecule has 0 spiro atoms. The van der Waals surface area contributed by atoms with E-state index in [2.05, 4.69) is 17.2 Å². The fraction of sp³-hybridized carbons (Fsp3) is 0.545. The predicted octanol–water partition coefficient (Wildman–Crippen LogP) is 2.21. The molecule has 2 atom stereocenters. The molecule has 2 nitrogen and oxygen atoms in total. The minimum Gasteiger partial charge on any atom is -0.316 e. The highest BCUT2D eigenvalue weighted by molar-refractivity contribution is 6.30. The van der Waals surface area contributed by atoms with E-state index in [1.807, 2.05) is 0 Å². The normalized spacial score (nSPS) is 32.9. The van der Waals surface area contributed by atoms with E-state index in [1.165, 1.54) is 13.1 Å². The molecule has 0 radical (unpaired) electrons. The van der Waals surface area contributed by atoms with Gasteiger partial charge in [0.25, 0.3) is 0 Å². The highest BCUT2D eigenvalue weighted by Gasteiger charge is 2.49. The number of nitrogens with zero attached hydrogens (tertiary/aromatic N) is 1. The van der Waals surface area contributed by atoms with Crippen molar-refractivity contribution < 1.29 is 0 Å². The quantitative estimate of drug-likeness (QED) is 0.710. The molecule has 1 aliphatic carbocycles. The SMILES string of the molecule is CC1C2CNCC12.Clc1cccnc1. The van der Waals surface area contributed by atoms with E-state index < -0.39 is 0 Å². The van der Waals surface area contributed by atoms with Crippen LogP contribution >= 0.6 is 11.6 Å². The summed E-state index contributed by atoms with van der Waals surface area (Å²) in [5, 5.41) is 4.04. The lowest BCUT2D eigenvalue weighted by Gasteiger charge is -1.93. The summed E-state index contributed by atoms with van der Waals surface area (Å²) in [5.41, 5.74) is 0. The summed E-state index contributed by atoms with van der Waals surface area (Å²) >= 11 is 5.48. The Kier molecular flexibility index (Phi) is 3.04. The number of pyridine rings is 1. The van der Waals surface area contributed by atoms with E-state index in [1.54, 1.807) is 24.5 Å². The smallest absolute Gasteiger partial charge is 0.0589 e. The van der Waals surface area contributed by atoms with Crippen LogP contribution in [-0.2, 0) is 0 Å². The van der Waals surface area contributed by atoms with Crippen molar-refractivity contribution >= 4 is 11.6 Å². The number of hydrogen-bond acceptors (Lipinski definition) is 2. The number of aromatic nitrogens is 1. The maximum atomic E-state index is 5.48. The molecule has 0 amide bonds. The van der Waals surface area contributed by atoms with Gasteiger partial charge in [-0.3, -0.25) is 4.98 Å². The zero-order valence-corrected chi connectivity index (χ0v) is 9.04. The van der Waals surface area contributed by atoms with Gasteiger partial charge in [-0.25, -0.2) is 0 Å². The Morgan fingerprint density at radius 3 is 2.43 bits per heavy atom. The van der Waals surface area contributed by atoms with Gasteiger partial charge in [0.05, 0.1) is 5.02 Å². The second-order valence-electron chi connectivity index (χ2n) is 4.02. The number of hydrogen-bond donors (Lipinski definition) is 1. The number of nitrogens with one attached hydrogen (secondary N) is 1. The highest BCUT2D eigenvalue weighted by Crippen LogP contribution is 2.47. The average Bonchev–Trinajstić information content (AvgIpc) is 2.68. The molecule has 1 N–H and O–H groups in total. The molecule has 3 heteroatoms. The van der Waals surface area contributed by atoms with Crippen molar-refractivity contribution in [3.63, 3.8) is 0 Å². The van der Waals surface area contributed by atoms with Crippen LogP contribution in [0.5, 0.6) is 0 Å². The van der Waals surface area contributed by atoms with Crippen LogP contribution in [0, 0.1) is 17.8 Å². The highest BCUT2D eigenvalue weighted by atomic mass is 35.5. The number of rotatable bonds is 0. The molecule has 1 saturated heterocycles. The Bertz CT molecular complexity index is 279. The number of fused-ring (bicyclic) bond motifs is 1. The summed E-state index contributed by atoms with van der Waals surface area (Å²) in [6, 6.07) is 3.58. The Hall–Kier alpha value is -0.600. The molecule has 14 heavy (non-hydrogen) atoms. The third kappa shape index (κ3) is 2.25. The summed E-state index contributed by atoms with van der Waals surface area (Å²) in [7, 11) is 0. The third-order valence-electron chi connectivity index (χ3n) is 3.15. The first-order valence-corrected chi connectivity index (χ1v) is 5.43. The Morgan fingerprint density at radius 2 is 2.14 bits per heavy atom. The van der Waals surface area contributed by atoms with Crippen LogP contribution in [0.25, 0.3) is 0 Å². The molecule has 2 aliphatic rings. The van der Waals surface area contributed by atoms with Gasteiger partial charge in [0.2, 0.25) is 0 Å². The zero-order valence-electron chi connectivity index (χ0n) is 8.28. The first-order chi connectivity index (χ1) is 6.79. The lowest BCUT2D eigenvalue weighted by atomic mass is 10.3. The van der Waals surface area contributed by atoms with Gasteiger partial charge in [-0.2, -0.15) is 0 Å². The molecular formula is C11H15ClN2. The van der Waals surface area contributed by atoms with Crippen LogP contribution in [0.3, 0.4) is 0 Å². The lowest BCUT2D eigenvalue weighted by Crippen LogP contribution is -2.13. The van der Waals surface area contributed by atoms with E-state index >= 15 is 0 Å². The van der Waals surface area contributed by atoms with Crippen LogP contribution in [0.2, 0.25) is 5.02 Å². The molecule has 2 fully saturated rings.